The third-order valence-corrected chi connectivity index (χ3v) is 3.90. The fourth-order valence-corrected chi connectivity index (χ4v) is 2.82. The highest BCUT2D eigenvalue weighted by atomic mass is 79.9. The second kappa shape index (κ2) is 5.67. The van der Waals surface area contributed by atoms with Crippen molar-refractivity contribution < 1.29 is 26.4 Å². The van der Waals surface area contributed by atoms with Crippen LogP contribution in [0.5, 0.6) is 0 Å². The summed E-state index contributed by atoms with van der Waals surface area (Å²) in [6.45, 7) is 1.30. The summed E-state index contributed by atoms with van der Waals surface area (Å²) in [6.07, 6.45) is 0. The number of halogens is 1. The van der Waals surface area contributed by atoms with Crippen molar-refractivity contribution in [3.8, 4) is 0 Å². The van der Waals surface area contributed by atoms with E-state index in [0.29, 0.717) is 6.54 Å². The molecule has 0 unspecified atom stereocenters. The molecule has 82 valence electrons. The zero-order chi connectivity index (χ0) is 9.97. The van der Waals surface area contributed by atoms with Crippen molar-refractivity contribution in [3.63, 3.8) is 0 Å². The topological polar surface area (TPSA) is 46.1 Å². The van der Waals surface area contributed by atoms with E-state index in [1.54, 1.807) is 11.8 Å². The molecule has 0 saturated heterocycles. The van der Waals surface area contributed by atoms with Gasteiger partial charge in [-0.3, -0.25) is 10.5 Å². The van der Waals surface area contributed by atoms with E-state index >= 15 is 0 Å². The molecule has 1 aromatic heterocycles. The van der Waals surface area contributed by atoms with Crippen molar-refractivity contribution in [2.24, 2.45) is 5.73 Å². The molecule has 0 spiro atoms. The van der Waals surface area contributed by atoms with Crippen LogP contribution in [0.25, 0.3) is 0 Å². The fraction of sp³-hybridized carbons (Fsp3) is 0.333. The Hall–Kier alpha value is -0.330. The van der Waals surface area contributed by atoms with Crippen LogP contribution in [0.4, 0.5) is 0 Å². The molecule has 0 amide bonds. The lowest BCUT2D eigenvalue weighted by Crippen LogP contribution is -3.00. The molecule has 2 rings (SSSR count). The maximum atomic E-state index is 11.7. The van der Waals surface area contributed by atoms with Crippen LogP contribution in [-0.4, -0.2) is 34.4 Å². The smallest absolute Gasteiger partial charge is 0.304 e. The zero-order valence-corrected chi connectivity index (χ0v) is 11.2. The molecule has 2 heterocycles. The number of ketones is 1. The molecule has 0 aliphatic carbocycles. The Balaban J connectivity index is 0.00000112. The van der Waals surface area contributed by atoms with Gasteiger partial charge >= 0.3 is 5.17 Å². The Morgan fingerprint density at radius 1 is 1.60 bits per heavy atom. The summed E-state index contributed by atoms with van der Waals surface area (Å²) in [5, 5.41) is 2.69. The molecule has 0 saturated carbocycles. The van der Waals surface area contributed by atoms with Crippen molar-refractivity contribution in [3.05, 3.63) is 22.4 Å². The van der Waals surface area contributed by atoms with E-state index in [9.17, 15) is 4.79 Å². The van der Waals surface area contributed by atoms with Crippen LogP contribution in [0.15, 0.2) is 17.5 Å². The lowest BCUT2D eigenvalue weighted by Gasteiger charge is -1.99. The molecule has 2 N–H and O–H groups in total. The minimum atomic E-state index is 0. The molecule has 6 heteroatoms. The van der Waals surface area contributed by atoms with Crippen molar-refractivity contribution in [1.29, 1.82) is 0 Å². The molecular formula is C9H11BrN2OS2. The SMILES string of the molecule is NC1=[N+](CC(=O)c2cccs2)CCS1.[Br-]. The molecule has 3 nitrogen and oxygen atoms in total. The van der Waals surface area contributed by atoms with Gasteiger partial charge in [0.05, 0.1) is 11.4 Å². The van der Waals surface area contributed by atoms with Gasteiger partial charge in [-0.15, -0.1) is 11.3 Å². The number of carbonyl (C=O) groups is 1. The Morgan fingerprint density at radius 2 is 2.40 bits per heavy atom. The number of nitrogens with zero attached hydrogens (tertiary/aromatic N) is 1. The summed E-state index contributed by atoms with van der Waals surface area (Å²) >= 11 is 3.10. The number of thiophene rings is 1. The normalized spacial score (nSPS) is 15.2. The summed E-state index contributed by atoms with van der Waals surface area (Å²) in [7, 11) is 0. The van der Waals surface area contributed by atoms with E-state index in [4.69, 9.17) is 5.73 Å². The van der Waals surface area contributed by atoms with E-state index in [1.165, 1.54) is 11.3 Å². The van der Waals surface area contributed by atoms with Crippen LogP contribution in [0, 0.1) is 0 Å². The Kier molecular flexibility index (Phi) is 4.82. The predicted molar refractivity (Wildman–Crippen MR) is 60.3 cm³/mol. The molecule has 0 aromatic carbocycles. The van der Waals surface area contributed by atoms with Crippen molar-refractivity contribution in [2.45, 2.75) is 0 Å². The summed E-state index contributed by atoms with van der Waals surface area (Å²) in [4.78, 5) is 12.5. The molecule has 0 fully saturated rings. The second-order valence-corrected chi connectivity index (χ2v) is 5.07. The largest absolute Gasteiger partial charge is 1.00 e. The predicted octanol–water partition coefficient (Wildman–Crippen LogP) is -1.99. The third-order valence-electron chi connectivity index (χ3n) is 2.05. The fourth-order valence-electron chi connectivity index (χ4n) is 1.31. The Bertz CT molecular complexity index is 375. The molecule has 1 aliphatic rings. The van der Waals surface area contributed by atoms with E-state index in [2.05, 4.69) is 0 Å². The number of Topliss-reactive ketones (excluding diaryl/α,β-unsaturated/α-hetero) is 1. The first-order valence-corrected chi connectivity index (χ1v) is 6.21. The van der Waals surface area contributed by atoms with Crippen LogP contribution in [0.2, 0.25) is 0 Å². The van der Waals surface area contributed by atoms with E-state index in [-0.39, 0.29) is 22.8 Å². The lowest BCUT2D eigenvalue weighted by molar-refractivity contribution is -0.504. The number of nitrogens with two attached hydrogens (primary N) is 1. The highest BCUT2D eigenvalue weighted by Gasteiger charge is 2.21. The summed E-state index contributed by atoms with van der Waals surface area (Å²) in [5.74, 6) is 1.15. The minimum Gasteiger partial charge on any atom is -1.00 e. The first-order valence-electron chi connectivity index (χ1n) is 4.34. The first kappa shape index (κ1) is 12.7. The van der Waals surface area contributed by atoms with Crippen LogP contribution in [-0.2, 0) is 0 Å². The maximum absolute atomic E-state index is 11.7. The zero-order valence-electron chi connectivity index (χ0n) is 7.98. The number of carbonyl (C=O) groups excluding carboxylic acids is 1. The maximum Gasteiger partial charge on any atom is 0.304 e. The summed E-state index contributed by atoms with van der Waals surface area (Å²) in [5.41, 5.74) is 5.74. The lowest BCUT2D eigenvalue weighted by atomic mass is 10.3. The van der Waals surface area contributed by atoms with Gasteiger partial charge in [0, 0.05) is 5.75 Å². The molecular weight excluding hydrogens is 296 g/mol. The Morgan fingerprint density at radius 3 is 2.93 bits per heavy atom. The van der Waals surface area contributed by atoms with Crippen LogP contribution >= 0.6 is 23.1 Å². The Labute approximate surface area is 107 Å². The summed E-state index contributed by atoms with van der Waals surface area (Å²) < 4.78 is 1.94. The number of amidine groups is 1. The van der Waals surface area contributed by atoms with Gasteiger partial charge in [-0.1, -0.05) is 6.07 Å². The number of hydrogen-bond donors (Lipinski definition) is 1. The van der Waals surface area contributed by atoms with Gasteiger partial charge in [-0.05, 0) is 23.2 Å². The van der Waals surface area contributed by atoms with Gasteiger partial charge in [0.2, 0.25) is 5.78 Å². The van der Waals surface area contributed by atoms with Gasteiger partial charge in [0.25, 0.3) is 0 Å². The highest BCUT2D eigenvalue weighted by Crippen LogP contribution is 2.12. The average Bonchev–Trinajstić information content (AvgIpc) is 2.77. The van der Waals surface area contributed by atoms with Crippen molar-refractivity contribution >= 4 is 34.0 Å². The third kappa shape index (κ3) is 3.06. The van der Waals surface area contributed by atoms with Gasteiger partial charge < -0.3 is 17.0 Å². The second-order valence-electron chi connectivity index (χ2n) is 3.01. The monoisotopic (exact) mass is 306 g/mol. The van der Waals surface area contributed by atoms with Crippen molar-refractivity contribution in [2.75, 3.05) is 18.8 Å². The number of rotatable bonds is 3. The van der Waals surface area contributed by atoms with Gasteiger partial charge in [0.15, 0.2) is 0 Å². The van der Waals surface area contributed by atoms with E-state index in [1.807, 2.05) is 22.1 Å². The minimum absolute atomic E-state index is 0. The van der Waals surface area contributed by atoms with Crippen molar-refractivity contribution in [1.82, 2.24) is 0 Å². The van der Waals surface area contributed by atoms with Crippen LogP contribution in [0.3, 0.4) is 0 Å². The van der Waals surface area contributed by atoms with Crippen LogP contribution < -0.4 is 22.7 Å². The van der Waals surface area contributed by atoms with Gasteiger partial charge in [-0.2, -0.15) is 0 Å². The molecule has 1 aliphatic heterocycles. The number of hydrogen-bond acceptors (Lipinski definition) is 4. The van der Waals surface area contributed by atoms with E-state index < -0.39 is 0 Å². The quantitative estimate of drug-likeness (QED) is 0.519. The van der Waals surface area contributed by atoms with E-state index in [0.717, 1.165) is 22.3 Å². The van der Waals surface area contributed by atoms with Crippen LogP contribution in [0.1, 0.15) is 9.67 Å². The molecule has 15 heavy (non-hydrogen) atoms. The summed E-state index contributed by atoms with van der Waals surface area (Å²) in [6, 6.07) is 3.75. The molecule has 0 atom stereocenters. The van der Waals surface area contributed by atoms with Gasteiger partial charge in [0.1, 0.15) is 6.54 Å². The molecule has 0 radical (unpaired) electrons. The standard InChI is InChI=1S/C9H10N2OS2.BrH/c10-9-11(3-5-14-9)6-7(12)8-2-1-4-13-8;/h1-2,4,10H,3,5-6H2;1H. The molecule has 0 bridgehead atoms. The average molecular weight is 307 g/mol. The van der Waals surface area contributed by atoms with Gasteiger partial charge in [-0.25, -0.2) is 4.58 Å². The highest BCUT2D eigenvalue weighted by molar-refractivity contribution is 8.13. The first-order chi connectivity index (χ1) is 6.77. The number of thioether (sulfide) groups is 1. The molecule has 1 aromatic rings.